The normalized spacial score (nSPS) is 11.3. The number of carbonyl (C=O) groups excluding carboxylic acids is 4. The monoisotopic (exact) mass is 550 g/mol. The van der Waals surface area contributed by atoms with Crippen molar-refractivity contribution in [2.24, 2.45) is 11.7 Å². The second-order valence-electron chi connectivity index (χ2n) is 9.53. The summed E-state index contributed by atoms with van der Waals surface area (Å²) < 4.78 is 5.22. The third kappa shape index (κ3) is 13.5. The van der Waals surface area contributed by atoms with Gasteiger partial charge in [-0.15, -0.1) is 0 Å². The van der Waals surface area contributed by atoms with E-state index in [4.69, 9.17) is 15.6 Å². The van der Waals surface area contributed by atoms with Gasteiger partial charge in [0, 0.05) is 39.3 Å². The lowest BCUT2D eigenvalue weighted by molar-refractivity contribution is -0.130. The molecule has 0 aromatic heterocycles. The molecule has 0 aliphatic heterocycles. The van der Waals surface area contributed by atoms with Crippen LogP contribution in [0.25, 0.3) is 0 Å². The van der Waals surface area contributed by atoms with Crippen LogP contribution < -0.4 is 21.7 Å². The average Bonchev–Trinajstić information content (AvgIpc) is 2.90. The van der Waals surface area contributed by atoms with E-state index in [1.165, 1.54) is 19.0 Å². The van der Waals surface area contributed by atoms with Crippen LogP contribution in [0.15, 0.2) is 24.3 Å². The van der Waals surface area contributed by atoms with Gasteiger partial charge in [0.15, 0.2) is 0 Å². The Morgan fingerprint density at radius 3 is 2.18 bits per heavy atom. The SMILES string of the molecule is CC(C)C(NC(=O)CCCCCN)C(=O)NCC(=O)Nc1ccc(COC(=O)N(C)CCN(C)C(=O)O)cc1. The Morgan fingerprint density at radius 1 is 0.949 bits per heavy atom. The minimum absolute atomic E-state index is 0.00242. The number of hydrogen-bond acceptors (Lipinski definition) is 7. The van der Waals surface area contributed by atoms with Crippen molar-refractivity contribution in [3.8, 4) is 0 Å². The summed E-state index contributed by atoms with van der Waals surface area (Å²) in [7, 11) is 2.92. The molecule has 0 bridgehead atoms. The van der Waals surface area contributed by atoms with Crippen LogP contribution in [0.1, 0.15) is 45.1 Å². The van der Waals surface area contributed by atoms with Crippen molar-refractivity contribution in [3.05, 3.63) is 29.8 Å². The number of hydrogen-bond donors (Lipinski definition) is 5. The minimum Gasteiger partial charge on any atom is -0.465 e. The molecule has 0 aliphatic rings. The first-order chi connectivity index (χ1) is 18.4. The molecule has 1 rings (SSSR count). The molecule has 1 aromatic carbocycles. The van der Waals surface area contributed by atoms with Crippen molar-refractivity contribution in [1.82, 2.24) is 20.4 Å². The third-order valence-electron chi connectivity index (χ3n) is 5.81. The molecule has 0 aliphatic carbocycles. The van der Waals surface area contributed by atoms with E-state index in [-0.39, 0.29) is 38.1 Å². The topological polar surface area (TPSA) is 183 Å². The standard InChI is InChI=1S/C26H42N6O7/c1-18(2)23(30-21(33)8-6-5-7-13-27)24(35)28-16-22(34)29-20-11-9-19(10-12-20)17-39-26(38)32(4)15-14-31(3)25(36)37/h9-12,18,23H,5-8,13-17,27H2,1-4H3,(H,28,35)(H,29,34)(H,30,33)(H,36,37). The number of unbranched alkanes of at least 4 members (excludes halogenated alkanes) is 2. The molecule has 0 spiro atoms. The Kier molecular flexibility index (Phi) is 15.0. The lowest BCUT2D eigenvalue weighted by atomic mass is 10.0. The summed E-state index contributed by atoms with van der Waals surface area (Å²) in [6.07, 6.45) is 1.03. The molecule has 5 amide bonds. The van der Waals surface area contributed by atoms with Gasteiger partial charge in [0.1, 0.15) is 12.6 Å². The summed E-state index contributed by atoms with van der Waals surface area (Å²) in [4.78, 5) is 62.3. The molecule has 1 atom stereocenters. The van der Waals surface area contributed by atoms with Crippen LogP contribution in [0.5, 0.6) is 0 Å². The number of nitrogens with one attached hydrogen (secondary N) is 3. The van der Waals surface area contributed by atoms with Gasteiger partial charge in [-0.25, -0.2) is 9.59 Å². The lowest BCUT2D eigenvalue weighted by Crippen LogP contribution is -2.51. The number of amides is 5. The Balaban J connectivity index is 2.45. The summed E-state index contributed by atoms with van der Waals surface area (Å²) >= 11 is 0. The van der Waals surface area contributed by atoms with Gasteiger partial charge in [0.25, 0.3) is 0 Å². The van der Waals surface area contributed by atoms with E-state index in [0.717, 1.165) is 17.7 Å². The number of anilines is 1. The number of rotatable bonds is 16. The molecule has 13 nitrogen and oxygen atoms in total. The first kappa shape index (κ1) is 33.2. The van der Waals surface area contributed by atoms with Crippen LogP contribution in [0.2, 0.25) is 0 Å². The summed E-state index contributed by atoms with van der Waals surface area (Å²) in [6, 6.07) is 5.88. The first-order valence-corrected chi connectivity index (χ1v) is 12.9. The van der Waals surface area contributed by atoms with Crippen LogP contribution in [-0.4, -0.2) is 91.1 Å². The van der Waals surface area contributed by atoms with E-state index < -0.39 is 30.0 Å². The molecular formula is C26H42N6O7. The molecule has 6 N–H and O–H groups in total. The molecule has 13 heteroatoms. The zero-order valence-corrected chi connectivity index (χ0v) is 23.2. The molecule has 39 heavy (non-hydrogen) atoms. The first-order valence-electron chi connectivity index (χ1n) is 12.9. The van der Waals surface area contributed by atoms with E-state index in [9.17, 15) is 24.0 Å². The van der Waals surface area contributed by atoms with Gasteiger partial charge in [0.05, 0.1) is 6.54 Å². The molecule has 0 fully saturated rings. The molecule has 0 saturated carbocycles. The Hall–Kier alpha value is -3.87. The van der Waals surface area contributed by atoms with Gasteiger partial charge >= 0.3 is 12.2 Å². The minimum atomic E-state index is -1.08. The highest BCUT2D eigenvalue weighted by atomic mass is 16.6. The van der Waals surface area contributed by atoms with Gasteiger partial charge in [-0.3, -0.25) is 14.4 Å². The molecule has 1 aromatic rings. The number of benzene rings is 1. The highest BCUT2D eigenvalue weighted by Crippen LogP contribution is 2.11. The van der Waals surface area contributed by atoms with Gasteiger partial charge in [0.2, 0.25) is 17.7 Å². The van der Waals surface area contributed by atoms with Gasteiger partial charge in [-0.1, -0.05) is 32.4 Å². The maximum Gasteiger partial charge on any atom is 0.409 e. The van der Waals surface area contributed by atoms with Crippen molar-refractivity contribution in [2.75, 3.05) is 45.6 Å². The largest absolute Gasteiger partial charge is 0.465 e. The molecule has 0 radical (unpaired) electrons. The van der Waals surface area contributed by atoms with Crippen molar-refractivity contribution in [1.29, 1.82) is 0 Å². The summed E-state index contributed by atoms with van der Waals surface area (Å²) in [5, 5.41) is 16.8. The van der Waals surface area contributed by atoms with E-state index in [0.29, 0.717) is 30.6 Å². The van der Waals surface area contributed by atoms with Crippen molar-refractivity contribution >= 4 is 35.6 Å². The number of nitrogens with zero attached hydrogens (tertiary/aromatic N) is 2. The van der Waals surface area contributed by atoms with E-state index in [1.54, 1.807) is 24.3 Å². The number of carboxylic acid groups (broad SMARTS) is 1. The van der Waals surface area contributed by atoms with Gasteiger partial charge < -0.3 is 41.3 Å². The van der Waals surface area contributed by atoms with Crippen LogP contribution in [0, 0.1) is 5.92 Å². The predicted molar refractivity (Wildman–Crippen MR) is 146 cm³/mol. The number of carbonyl (C=O) groups is 5. The molecular weight excluding hydrogens is 508 g/mol. The Bertz CT molecular complexity index is 955. The fraction of sp³-hybridized carbons (Fsp3) is 0.577. The van der Waals surface area contributed by atoms with E-state index in [2.05, 4.69) is 16.0 Å². The highest BCUT2D eigenvalue weighted by Gasteiger charge is 2.24. The van der Waals surface area contributed by atoms with Crippen LogP contribution in [0.3, 0.4) is 0 Å². The number of nitrogens with two attached hydrogens (primary N) is 1. The smallest absolute Gasteiger partial charge is 0.409 e. The van der Waals surface area contributed by atoms with Crippen LogP contribution >= 0.6 is 0 Å². The molecule has 218 valence electrons. The highest BCUT2D eigenvalue weighted by molar-refractivity contribution is 5.96. The van der Waals surface area contributed by atoms with Gasteiger partial charge in [-0.2, -0.15) is 0 Å². The van der Waals surface area contributed by atoms with Gasteiger partial charge in [-0.05, 0) is 43.0 Å². The second kappa shape index (κ2) is 17.6. The molecule has 1 unspecified atom stereocenters. The van der Waals surface area contributed by atoms with Crippen LogP contribution in [-0.2, 0) is 25.7 Å². The Labute approximate surface area is 229 Å². The maximum atomic E-state index is 12.6. The summed E-state index contributed by atoms with van der Waals surface area (Å²) in [5.41, 5.74) is 6.63. The van der Waals surface area contributed by atoms with E-state index in [1.807, 2.05) is 13.8 Å². The second-order valence-corrected chi connectivity index (χ2v) is 9.53. The van der Waals surface area contributed by atoms with E-state index >= 15 is 0 Å². The van der Waals surface area contributed by atoms with Crippen molar-refractivity contribution < 1.29 is 33.8 Å². The maximum absolute atomic E-state index is 12.6. The third-order valence-corrected chi connectivity index (χ3v) is 5.81. The summed E-state index contributed by atoms with van der Waals surface area (Å²) in [6.45, 7) is 4.27. The van der Waals surface area contributed by atoms with Crippen molar-refractivity contribution in [3.63, 3.8) is 0 Å². The molecule has 0 saturated heterocycles. The van der Waals surface area contributed by atoms with Crippen LogP contribution in [0.4, 0.5) is 15.3 Å². The lowest BCUT2D eigenvalue weighted by Gasteiger charge is -2.21. The Morgan fingerprint density at radius 2 is 1.59 bits per heavy atom. The number of ether oxygens (including phenoxy) is 1. The fourth-order valence-corrected chi connectivity index (χ4v) is 3.30. The van der Waals surface area contributed by atoms with Crippen molar-refractivity contribution in [2.45, 2.75) is 52.2 Å². The average molecular weight is 551 g/mol. The fourth-order valence-electron chi connectivity index (χ4n) is 3.30. The predicted octanol–water partition coefficient (Wildman–Crippen LogP) is 1.58. The summed E-state index contributed by atoms with van der Waals surface area (Å²) in [5.74, 6) is -1.25. The zero-order chi connectivity index (χ0) is 29.4. The quantitative estimate of drug-likeness (QED) is 0.192. The zero-order valence-electron chi connectivity index (χ0n) is 23.2. The molecule has 0 heterocycles. The number of likely N-dealkylation sites (N-methyl/N-ethyl adjacent to an activating group) is 2.